The molecule has 148 valence electrons. The number of amides is 2. The molecule has 0 aliphatic rings. The third-order valence-electron chi connectivity index (χ3n) is 4.02. The number of anilines is 1. The first-order valence-corrected chi connectivity index (χ1v) is 9.56. The molecule has 0 fully saturated rings. The van der Waals surface area contributed by atoms with E-state index >= 15 is 0 Å². The van der Waals surface area contributed by atoms with Gasteiger partial charge in [-0.2, -0.15) is 0 Å². The molecule has 8 heteroatoms. The zero-order chi connectivity index (χ0) is 19.3. The Bertz CT molecular complexity index is 790. The van der Waals surface area contributed by atoms with Gasteiger partial charge in [-0.25, -0.2) is 4.98 Å². The minimum atomic E-state index is -0.369. The van der Waals surface area contributed by atoms with Crippen LogP contribution in [0, 0.1) is 0 Å². The molecule has 0 saturated heterocycles. The first-order chi connectivity index (χ1) is 12.3. The van der Waals surface area contributed by atoms with E-state index in [1.165, 1.54) is 22.5 Å². The van der Waals surface area contributed by atoms with E-state index in [1.54, 1.807) is 0 Å². The molecule has 0 aliphatic heterocycles. The van der Waals surface area contributed by atoms with Gasteiger partial charge in [0.15, 0.2) is 5.13 Å². The zero-order valence-electron chi connectivity index (χ0n) is 16.0. The summed E-state index contributed by atoms with van der Waals surface area (Å²) in [6.07, 6.45) is 0. The van der Waals surface area contributed by atoms with Crippen LogP contribution in [0.15, 0.2) is 23.6 Å². The normalized spacial score (nSPS) is 10.6. The third-order valence-corrected chi connectivity index (χ3v) is 4.78. The molecule has 0 bridgehead atoms. The maximum atomic E-state index is 11.9. The van der Waals surface area contributed by atoms with E-state index in [2.05, 4.69) is 61.5 Å². The molecule has 0 saturated carbocycles. The van der Waals surface area contributed by atoms with Crippen LogP contribution in [0.2, 0.25) is 0 Å². The predicted molar refractivity (Wildman–Crippen MR) is 114 cm³/mol. The molecule has 0 radical (unpaired) electrons. The Labute approximate surface area is 170 Å². The van der Waals surface area contributed by atoms with Crippen molar-refractivity contribution in [3.63, 3.8) is 0 Å². The summed E-state index contributed by atoms with van der Waals surface area (Å²) >= 11 is 1.36. The minimum Gasteiger partial charge on any atom is -0.346 e. The zero-order valence-corrected chi connectivity index (χ0v) is 17.7. The van der Waals surface area contributed by atoms with Gasteiger partial charge in [0.1, 0.15) is 0 Å². The number of rotatable bonds is 7. The van der Waals surface area contributed by atoms with E-state index in [0.29, 0.717) is 17.0 Å². The summed E-state index contributed by atoms with van der Waals surface area (Å²) in [5.74, 6) is 0.143. The average Bonchev–Trinajstić information content (AvgIpc) is 3.07. The number of nitrogens with two attached hydrogens (primary N) is 1. The smallest absolute Gasteiger partial charge is 0.245 e. The topological polar surface area (TPSA) is 97.1 Å². The van der Waals surface area contributed by atoms with Crippen molar-refractivity contribution in [3.8, 4) is 11.3 Å². The van der Waals surface area contributed by atoms with E-state index in [1.807, 2.05) is 5.38 Å². The van der Waals surface area contributed by atoms with Crippen LogP contribution in [-0.4, -0.2) is 29.9 Å². The van der Waals surface area contributed by atoms with Gasteiger partial charge in [-0.15, -0.1) is 23.7 Å². The number of carbonyl (C=O) groups excluding carboxylic acids is 2. The number of hydrogen-bond acceptors (Lipinski definition) is 5. The molecule has 0 atom stereocenters. The quantitative estimate of drug-likeness (QED) is 0.650. The van der Waals surface area contributed by atoms with E-state index in [-0.39, 0.29) is 37.3 Å². The summed E-state index contributed by atoms with van der Waals surface area (Å²) in [5, 5.41) is 7.58. The largest absolute Gasteiger partial charge is 0.346 e. The first-order valence-electron chi connectivity index (χ1n) is 8.68. The lowest BCUT2D eigenvalue weighted by molar-refractivity contribution is -0.123. The fourth-order valence-electron chi connectivity index (χ4n) is 2.52. The summed E-state index contributed by atoms with van der Waals surface area (Å²) in [6, 6.07) is 6.48. The average molecular weight is 411 g/mol. The van der Waals surface area contributed by atoms with Crippen molar-refractivity contribution in [2.24, 2.45) is 5.73 Å². The number of nitrogens with zero attached hydrogens (tertiary/aromatic N) is 1. The second-order valence-corrected chi connectivity index (χ2v) is 7.58. The van der Waals surface area contributed by atoms with Crippen molar-refractivity contribution in [2.45, 2.75) is 39.5 Å². The number of nitrogens with one attached hydrogen (secondary N) is 2. The molecule has 1 aromatic heterocycles. The van der Waals surface area contributed by atoms with Crippen LogP contribution < -0.4 is 16.4 Å². The van der Waals surface area contributed by atoms with Crippen molar-refractivity contribution >= 4 is 40.7 Å². The fourth-order valence-corrected chi connectivity index (χ4v) is 3.25. The molecule has 6 nitrogen and oxygen atoms in total. The highest BCUT2D eigenvalue weighted by atomic mass is 35.5. The Hall–Kier alpha value is -1.96. The Morgan fingerprint density at radius 1 is 1.15 bits per heavy atom. The van der Waals surface area contributed by atoms with Gasteiger partial charge < -0.3 is 16.4 Å². The van der Waals surface area contributed by atoms with Crippen LogP contribution in [0.4, 0.5) is 5.13 Å². The van der Waals surface area contributed by atoms with Crippen LogP contribution >= 0.6 is 23.7 Å². The van der Waals surface area contributed by atoms with Gasteiger partial charge in [0, 0.05) is 10.9 Å². The maximum absolute atomic E-state index is 11.9. The number of halogens is 1. The van der Waals surface area contributed by atoms with Gasteiger partial charge in [-0.3, -0.25) is 9.59 Å². The van der Waals surface area contributed by atoms with Crippen LogP contribution in [-0.2, 0) is 9.59 Å². The molecule has 0 unspecified atom stereocenters. The van der Waals surface area contributed by atoms with Gasteiger partial charge in [0.2, 0.25) is 11.8 Å². The van der Waals surface area contributed by atoms with Crippen molar-refractivity contribution in [1.29, 1.82) is 0 Å². The van der Waals surface area contributed by atoms with Crippen LogP contribution in [0.3, 0.4) is 0 Å². The van der Waals surface area contributed by atoms with E-state index < -0.39 is 0 Å². The van der Waals surface area contributed by atoms with Crippen molar-refractivity contribution in [3.05, 3.63) is 34.7 Å². The van der Waals surface area contributed by atoms with E-state index in [0.717, 1.165) is 11.3 Å². The van der Waals surface area contributed by atoms with Crippen molar-refractivity contribution in [2.75, 3.05) is 18.4 Å². The molecule has 0 aliphatic carbocycles. The van der Waals surface area contributed by atoms with Crippen LogP contribution in [0.25, 0.3) is 11.3 Å². The molecule has 2 rings (SSSR count). The molecule has 1 heterocycles. The molecule has 2 amide bonds. The Morgan fingerprint density at radius 3 is 2.44 bits per heavy atom. The standard InChI is InChI=1S/C19H26N4O2S.ClH/c1-11(2)13-5-6-14(15(7-13)12(3)4)16-10-26-19(22-16)23-18(25)9-21-17(24)8-20;/h5-7,10-12H,8-9,20H2,1-4H3,(H,21,24)(H,22,23,25);1H. The van der Waals surface area contributed by atoms with Gasteiger partial charge in [0.05, 0.1) is 18.8 Å². The summed E-state index contributed by atoms with van der Waals surface area (Å²) in [7, 11) is 0. The summed E-state index contributed by atoms with van der Waals surface area (Å²) < 4.78 is 0. The summed E-state index contributed by atoms with van der Waals surface area (Å²) in [4.78, 5) is 27.5. The molecule has 2 aromatic rings. The number of carbonyl (C=O) groups is 2. The highest BCUT2D eigenvalue weighted by Gasteiger charge is 2.15. The maximum Gasteiger partial charge on any atom is 0.245 e. The monoisotopic (exact) mass is 410 g/mol. The molecule has 0 spiro atoms. The second kappa shape index (κ2) is 10.4. The first kappa shape index (κ1) is 23.1. The Kier molecular flexibility index (Phi) is 8.88. The Balaban J connectivity index is 0.00000364. The van der Waals surface area contributed by atoms with Crippen molar-refractivity contribution in [1.82, 2.24) is 10.3 Å². The highest BCUT2D eigenvalue weighted by molar-refractivity contribution is 7.14. The fraction of sp³-hybridized carbons (Fsp3) is 0.421. The SMILES string of the molecule is CC(C)c1ccc(-c2csc(NC(=O)CNC(=O)CN)n2)c(C(C)C)c1.Cl. The van der Waals surface area contributed by atoms with Gasteiger partial charge in [-0.1, -0.05) is 45.9 Å². The number of thiazole rings is 1. The van der Waals surface area contributed by atoms with Gasteiger partial charge >= 0.3 is 0 Å². The van der Waals surface area contributed by atoms with Crippen LogP contribution in [0.1, 0.15) is 50.7 Å². The number of hydrogen-bond donors (Lipinski definition) is 3. The molecule has 27 heavy (non-hydrogen) atoms. The lowest BCUT2D eigenvalue weighted by Crippen LogP contribution is -2.36. The van der Waals surface area contributed by atoms with Gasteiger partial charge in [0.25, 0.3) is 0 Å². The molecular formula is C19H27ClN4O2S. The lowest BCUT2D eigenvalue weighted by atomic mass is 9.90. The Morgan fingerprint density at radius 2 is 1.85 bits per heavy atom. The summed E-state index contributed by atoms with van der Waals surface area (Å²) in [5.41, 5.74) is 9.66. The predicted octanol–water partition coefficient (Wildman–Crippen LogP) is 3.49. The molecule has 4 N–H and O–H groups in total. The highest BCUT2D eigenvalue weighted by Crippen LogP contribution is 2.33. The number of aromatic nitrogens is 1. The van der Waals surface area contributed by atoms with E-state index in [4.69, 9.17) is 5.73 Å². The van der Waals surface area contributed by atoms with E-state index in [9.17, 15) is 9.59 Å². The summed E-state index contributed by atoms with van der Waals surface area (Å²) in [6.45, 7) is 8.43. The minimum absolute atomic E-state index is 0. The second-order valence-electron chi connectivity index (χ2n) is 6.72. The van der Waals surface area contributed by atoms with Crippen molar-refractivity contribution < 1.29 is 9.59 Å². The molecule has 1 aromatic carbocycles. The number of benzene rings is 1. The third kappa shape index (κ3) is 6.30. The van der Waals surface area contributed by atoms with Gasteiger partial charge in [-0.05, 0) is 23.0 Å². The molecular weight excluding hydrogens is 384 g/mol. The lowest BCUT2D eigenvalue weighted by Gasteiger charge is -2.15. The van der Waals surface area contributed by atoms with Crippen LogP contribution in [0.5, 0.6) is 0 Å².